The molecule has 6 heteroatoms. The van der Waals surface area contributed by atoms with Gasteiger partial charge >= 0.3 is 11.9 Å². The first-order valence-electron chi connectivity index (χ1n) is 14.3. The molecular formula is C33H36O6. The summed E-state index contributed by atoms with van der Waals surface area (Å²) in [5, 5.41) is 20.2. The van der Waals surface area contributed by atoms with E-state index in [0.717, 1.165) is 30.4 Å². The lowest BCUT2D eigenvalue weighted by Crippen LogP contribution is -2.49. The third-order valence-electron chi connectivity index (χ3n) is 9.82. The summed E-state index contributed by atoms with van der Waals surface area (Å²) in [5.41, 5.74) is 2.12. The van der Waals surface area contributed by atoms with Gasteiger partial charge in [-0.25, -0.2) is 4.79 Å². The van der Waals surface area contributed by atoms with Crippen LogP contribution in [0.25, 0.3) is 11.1 Å². The zero-order chi connectivity index (χ0) is 27.1. The summed E-state index contributed by atoms with van der Waals surface area (Å²) in [6.07, 6.45) is 8.22. The molecule has 0 amide bonds. The lowest BCUT2D eigenvalue weighted by Gasteiger charge is -2.55. The van der Waals surface area contributed by atoms with Gasteiger partial charge in [0.15, 0.2) is 5.78 Å². The Kier molecular flexibility index (Phi) is 6.92. The van der Waals surface area contributed by atoms with Gasteiger partial charge in [-0.05, 0) is 85.6 Å². The highest BCUT2D eigenvalue weighted by Gasteiger charge is 2.54. The summed E-state index contributed by atoms with van der Waals surface area (Å²) in [4.78, 5) is 38.3. The molecule has 4 atom stereocenters. The molecule has 39 heavy (non-hydrogen) atoms. The van der Waals surface area contributed by atoms with Crippen molar-refractivity contribution >= 4 is 17.7 Å². The second kappa shape index (κ2) is 10.4. The van der Waals surface area contributed by atoms with Crippen LogP contribution in [0.4, 0.5) is 0 Å². The molecule has 5 aliphatic rings. The Balaban J connectivity index is 1.18. The number of aliphatic hydroxyl groups excluding tert-OH is 1. The first kappa shape index (κ1) is 26.0. The van der Waals surface area contributed by atoms with E-state index in [1.165, 1.54) is 19.3 Å². The molecule has 0 spiro atoms. The number of carboxylic acids is 1. The molecule has 5 saturated carbocycles. The van der Waals surface area contributed by atoms with E-state index in [-0.39, 0.29) is 24.0 Å². The van der Waals surface area contributed by atoms with Crippen molar-refractivity contribution in [3.63, 3.8) is 0 Å². The fourth-order valence-electron chi connectivity index (χ4n) is 8.39. The Hall–Kier alpha value is -3.25. The van der Waals surface area contributed by atoms with Gasteiger partial charge in [0.1, 0.15) is 6.10 Å². The van der Waals surface area contributed by atoms with Crippen LogP contribution in [0.3, 0.4) is 0 Å². The van der Waals surface area contributed by atoms with Crippen LogP contribution in [0.2, 0.25) is 0 Å². The molecule has 0 saturated heterocycles. The van der Waals surface area contributed by atoms with Crippen LogP contribution in [0.1, 0.15) is 61.7 Å². The Bertz CT molecular complexity index is 1230. The molecule has 7 rings (SSSR count). The largest absolute Gasteiger partial charge is 0.481 e. The fourth-order valence-corrected chi connectivity index (χ4v) is 8.39. The molecule has 204 valence electrons. The van der Waals surface area contributed by atoms with Crippen LogP contribution in [0, 0.1) is 35.0 Å². The number of carboxylic acid groups (broad SMARTS) is 1. The van der Waals surface area contributed by atoms with Gasteiger partial charge in [0, 0.05) is 23.7 Å². The van der Waals surface area contributed by atoms with E-state index in [1.807, 2.05) is 42.5 Å². The predicted octanol–water partition coefficient (Wildman–Crippen LogP) is 5.69. The molecule has 4 bridgehead atoms. The van der Waals surface area contributed by atoms with E-state index in [0.29, 0.717) is 23.3 Å². The number of carbonyl (C=O) groups excluding carboxylic acids is 2. The number of rotatable bonds is 8. The quantitative estimate of drug-likeness (QED) is 0.337. The minimum absolute atomic E-state index is 0.124. The van der Waals surface area contributed by atoms with Crippen LogP contribution in [0.15, 0.2) is 66.7 Å². The van der Waals surface area contributed by atoms with Gasteiger partial charge in [-0.3, -0.25) is 9.59 Å². The number of carbonyl (C=O) groups is 3. The molecule has 0 aliphatic heterocycles. The van der Waals surface area contributed by atoms with Gasteiger partial charge in [0.2, 0.25) is 0 Å². The van der Waals surface area contributed by atoms with E-state index in [9.17, 15) is 24.6 Å². The van der Waals surface area contributed by atoms with Gasteiger partial charge in [-0.1, -0.05) is 48.5 Å². The zero-order valence-corrected chi connectivity index (χ0v) is 22.1. The molecule has 6 nitrogen and oxygen atoms in total. The standard InChI is InChI=1S/C33H36O6/c34-28-16-29(39-32(38)25-8-6-24(7-9-25)23-4-2-1-3-5-23)26(27(28)15-31(36)37)10-11-30(35)33-17-20-12-21(18-33)14-22(13-20)19-33/h1-11,20-22,26-29,34H,12-19H2,(H,36,37)/t20?,21?,22?,26-,27-,28+,29-,33?/m0/s1. The number of aliphatic hydroxyl groups is 1. The number of hydrogen-bond acceptors (Lipinski definition) is 5. The highest BCUT2D eigenvalue weighted by atomic mass is 16.5. The van der Waals surface area contributed by atoms with Crippen molar-refractivity contribution in [1.29, 1.82) is 0 Å². The number of esters is 1. The van der Waals surface area contributed by atoms with Crippen LogP contribution in [-0.2, 0) is 14.3 Å². The number of ether oxygens (including phenoxy) is 1. The van der Waals surface area contributed by atoms with Crippen molar-refractivity contribution in [3.8, 4) is 11.1 Å². The molecule has 2 aromatic rings. The summed E-state index contributed by atoms with van der Waals surface area (Å²) in [6.45, 7) is 0. The Morgan fingerprint density at radius 1 is 0.846 bits per heavy atom. The highest BCUT2D eigenvalue weighted by Crippen LogP contribution is 2.60. The number of allylic oxidation sites excluding steroid dienone is 1. The maximum atomic E-state index is 13.6. The molecule has 5 aliphatic carbocycles. The Morgan fingerprint density at radius 3 is 2.03 bits per heavy atom. The molecule has 0 heterocycles. The van der Waals surface area contributed by atoms with Crippen molar-refractivity contribution < 1.29 is 29.3 Å². The molecule has 0 aromatic heterocycles. The monoisotopic (exact) mass is 528 g/mol. The zero-order valence-electron chi connectivity index (χ0n) is 22.1. The van der Waals surface area contributed by atoms with Crippen molar-refractivity contribution in [2.75, 3.05) is 0 Å². The first-order chi connectivity index (χ1) is 18.8. The van der Waals surface area contributed by atoms with E-state index >= 15 is 0 Å². The number of ketones is 1. The average Bonchev–Trinajstić information content (AvgIpc) is 3.19. The maximum Gasteiger partial charge on any atom is 0.338 e. The maximum absolute atomic E-state index is 13.6. The minimum atomic E-state index is -1.02. The minimum Gasteiger partial charge on any atom is -0.481 e. The molecule has 0 radical (unpaired) electrons. The lowest BCUT2D eigenvalue weighted by molar-refractivity contribution is -0.139. The Morgan fingerprint density at radius 2 is 1.44 bits per heavy atom. The predicted molar refractivity (Wildman–Crippen MR) is 146 cm³/mol. The normalized spacial score (nSPS) is 34.8. The summed E-state index contributed by atoms with van der Waals surface area (Å²) in [5.74, 6) is -0.654. The molecule has 2 aromatic carbocycles. The summed E-state index contributed by atoms with van der Waals surface area (Å²) in [7, 11) is 0. The number of aliphatic carboxylic acids is 1. The highest BCUT2D eigenvalue weighted by molar-refractivity contribution is 5.95. The smallest absolute Gasteiger partial charge is 0.338 e. The SMILES string of the molecule is O=C(O)C[C@H]1[C@H](C=CC(=O)C23CC4CC(CC(C4)C2)C3)[C@@H](OC(=O)c2ccc(-c3ccccc3)cc2)C[C@H]1O. The topological polar surface area (TPSA) is 101 Å². The van der Waals surface area contributed by atoms with Gasteiger partial charge < -0.3 is 14.9 Å². The van der Waals surface area contributed by atoms with Gasteiger partial charge in [-0.2, -0.15) is 0 Å². The molecular weight excluding hydrogens is 492 g/mol. The van der Waals surface area contributed by atoms with Crippen LogP contribution < -0.4 is 0 Å². The van der Waals surface area contributed by atoms with Crippen LogP contribution in [0.5, 0.6) is 0 Å². The average molecular weight is 529 g/mol. The van der Waals surface area contributed by atoms with Crippen molar-refractivity contribution in [2.24, 2.45) is 35.0 Å². The Labute approximate surface area is 229 Å². The third-order valence-corrected chi connectivity index (χ3v) is 9.82. The summed E-state index contributed by atoms with van der Waals surface area (Å²) in [6, 6.07) is 17.0. The van der Waals surface area contributed by atoms with Crippen molar-refractivity contribution in [2.45, 2.75) is 63.6 Å². The molecule has 2 N–H and O–H groups in total. The summed E-state index contributed by atoms with van der Waals surface area (Å²) >= 11 is 0. The second-order valence-electron chi connectivity index (χ2n) is 12.5. The van der Waals surface area contributed by atoms with Gasteiger partial charge in [-0.15, -0.1) is 0 Å². The van der Waals surface area contributed by atoms with E-state index in [1.54, 1.807) is 24.3 Å². The van der Waals surface area contributed by atoms with Crippen LogP contribution >= 0.6 is 0 Å². The van der Waals surface area contributed by atoms with E-state index in [2.05, 4.69) is 0 Å². The number of hydrogen-bond donors (Lipinski definition) is 2. The van der Waals surface area contributed by atoms with Gasteiger partial charge in [0.25, 0.3) is 0 Å². The first-order valence-corrected chi connectivity index (χ1v) is 14.3. The third kappa shape index (κ3) is 5.19. The fraction of sp³-hybridized carbons (Fsp3) is 0.485. The summed E-state index contributed by atoms with van der Waals surface area (Å²) < 4.78 is 5.87. The van der Waals surface area contributed by atoms with E-state index in [4.69, 9.17) is 4.74 Å². The van der Waals surface area contributed by atoms with E-state index < -0.39 is 36.0 Å². The lowest BCUT2D eigenvalue weighted by atomic mass is 9.48. The van der Waals surface area contributed by atoms with Crippen LogP contribution in [-0.4, -0.2) is 40.1 Å². The van der Waals surface area contributed by atoms with Crippen molar-refractivity contribution in [3.05, 3.63) is 72.3 Å². The second-order valence-corrected chi connectivity index (χ2v) is 12.5. The molecule has 0 unspecified atom stereocenters. The van der Waals surface area contributed by atoms with Crippen molar-refractivity contribution in [1.82, 2.24) is 0 Å². The molecule has 5 fully saturated rings. The number of benzene rings is 2. The van der Waals surface area contributed by atoms with Gasteiger partial charge in [0.05, 0.1) is 18.1 Å².